The molecule has 2 heterocycles. The van der Waals surface area contributed by atoms with Crippen LogP contribution in [0.3, 0.4) is 0 Å². The number of halogens is 1. The number of carbonyl (C=O) groups excluding carboxylic acids is 2. The van der Waals surface area contributed by atoms with Crippen LogP contribution in [0.15, 0.2) is 10.6 Å². The molecule has 0 radical (unpaired) electrons. The average Bonchev–Trinajstić information content (AvgIpc) is 2.84. The number of aromatic nitrogens is 2. The number of anilines is 2. The maximum absolute atomic E-state index is 11.6. The van der Waals surface area contributed by atoms with Crippen molar-refractivity contribution < 1.29 is 9.59 Å². The molecule has 3 unspecified atom stereocenters. The Labute approximate surface area is 148 Å². The molecule has 0 aliphatic carbocycles. The highest BCUT2D eigenvalue weighted by molar-refractivity contribution is 7.99. The number of rotatable bonds is 7. The zero-order valence-electron chi connectivity index (χ0n) is 13.1. The predicted molar refractivity (Wildman–Crippen MR) is 95.2 cm³/mol. The molecular formula is C13H18ClN7O2S. The van der Waals surface area contributed by atoms with E-state index in [1.54, 1.807) is 6.92 Å². The number of hydrogen-bond donors (Lipinski definition) is 4. The normalized spacial score (nSPS) is 21.0. The Morgan fingerprint density at radius 2 is 2.17 bits per heavy atom. The Balaban J connectivity index is 2.25. The summed E-state index contributed by atoms with van der Waals surface area (Å²) in [5.74, 6) is -0.783. The minimum Gasteiger partial charge on any atom is -0.368 e. The Hall–Kier alpha value is -2.07. The van der Waals surface area contributed by atoms with Gasteiger partial charge in [-0.05, 0) is 13.3 Å². The second kappa shape index (κ2) is 7.67. The summed E-state index contributed by atoms with van der Waals surface area (Å²) in [6, 6.07) is -0.598. The van der Waals surface area contributed by atoms with Gasteiger partial charge in [-0.15, -0.1) is 11.6 Å². The third-order valence-electron chi connectivity index (χ3n) is 3.33. The minimum atomic E-state index is -0.731. The number of alkyl halides is 1. The standard InChI is InChI=1S/C13H18ClN7O2S/c1-3-6(10(15)22)18-7-4-17-9(11(16)23)12(19-7)20-13-8(14)5(2)21-24-13/h4,6,8,13H,3H2,1-2H3,(H2,15,22)(H2,16,23)(H2,18,19,20). The van der Waals surface area contributed by atoms with E-state index in [1.165, 1.54) is 18.1 Å². The van der Waals surface area contributed by atoms with E-state index in [4.69, 9.17) is 23.1 Å². The Kier molecular flexibility index (Phi) is 5.84. The molecule has 24 heavy (non-hydrogen) atoms. The zero-order chi connectivity index (χ0) is 17.9. The molecule has 0 saturated carbocycles. The molecule has 0 fully saturated rings. The zero-order valence-corrected chi connectivity index (χ0v) is 14.7. The van der Waals surface area contributed by atoms with Crippen LogP contribution in [-0.4, -0.2) is 44.3 Å². The number of amides is 2. The third-order valence-corrected chi connectivity index (χ3v) is 5.06. The van der Waals surface area contributed by atoms with E-state index in [-0.39, 0.29) is 22.3 Å². The van der Waals surface area contributed by atoms with Gasteiger partial charge < -0.3 is 22.1 Å². The molecule has 0 spiro atoms. The summed E-state index contributed by atoms with van der Waals surface area (Å²) >= 11 is 7.48. The smallest absolute Gasteiger partial charge is 0.271 e. The van der Waals surface area contributed by atoms with Crippen molar-refractivity contribution in [2.75, 3.05) is 10.6 Å². The molecule has 0 saturated heterocycles. The van der Waals surface area contributed by atoms with Gasteiger partial charge in [-0.2, -0.15) is 0 Å². The molecule has 1 aromatic rings. The average molecular weight is 372 g/mol. The van der Waals surface area contributed by atoms with Crippen LogP contribution in [0.1, 0.15) is 30.8 Å². The van der Waals surface area contributed by atoms with Crippen LogP contribution >= 0.6 is 23.5 Å². The minimum absolute atomic E-state index is 0.0262. The van der Waals surface area contributed by atoms with E-state index in [9.17, 15) is 9.59 Å². The number of carbonyl (C=O) groups is 2. The fraction of sp³-hybridized carbons (Fsp3) is 0.462. The van der Waals surface area contributed by atoms with Crippen molar-refractivity contribution in [3.05, 3.63) is 11.9 Å². The monoisotopic (exact) mass is 371 g/mol. The summed E-state index contributed by atoms with van der Waals surface area (Å²) in [4.78, 5) is 31.2. The lowest BCUT2D eigenvalue weighted by atomic mass is 10.2. The Bertz CT molecular complexity index is 684. The first-order valence-corrected chi connectivity index (χ1v) is 8.44. The molecule has 11 heteroatoms. The van der Waals surface area contributed by atoms with Crippen LogP contribution in [0.25, 0.3) is 0 Å². The molecule has 6 N–H and O–H groups in total. The van der Waals surface area contributed by atoms with E-state index in [1.807, 2.05) is 6.92 Å². The molecule has 3 atom stereocenters. The lowest BCUT2D eigenvalue weighted by molar-refractivity contribution is -0.118. The van der Waals surface area contributed by atoms with Gasteiger partial charge in [-0.1, -0.05) is 6.92 Å². The predicted octanol–water partition coefficient (Wildman–Crippen LogP) is 0.719. The topological polar surface area (TPSA) is 148 Å². The second-order valence-corrected chi connectivity index (χ2v) is 6.50. The van der Waals surface area contributed by atoms with Gasteiger partial charge >= 0.3 is 0 Å². The van der Waals surface area contributed by atoms with Gasteiger partial charge in [0.05, 0.1) is 6.20 Å². The molecule has 0 bridgehead atoms. The number of nitrogens with one attached hydrogen (secondary N) is 2. The Morgan fingerprint density at radius 1 is 1.46 bits per heavy atom. The summed E-state index contributed by atoms with van der Waals surface area (Å²) < 4.78 is 4.17. The van der Waals surface area contributed by atoms with Crippen LogP contribution in [-0.2, 0) is 4.79 Å². The van der Waals surface area contributed by atoms with Gasteiger partial charge in [-0.3, -0.25) is 9.59 Å². The van der Waals surface area contributed by atoms with E-state index in [0.717, 1.165) is 5.71 Å². The van der Waals surface area contributed by atoms with Crippen LogP contribution in [0.2, 0.25) is 0 Å². The fourth-order valence-corrected chi connectivity index (χ4v) is 3.16. The van der Waals surface area contributed by atoms with Gasteiger partial charge in [0.15, 0.2) is 11.5 Å². The third kappa shape index (κ3) is 4.06. The van der Waals surface area contributed by atoms with Crippen molar-refractivity contribution in [3.63, 3.8) is 0 Å². The van der Waals surface area contributed by atoms with Gasteiger partial charge in [0.2, 0.25) is 5.91 Å². The fourth-order valence-electron chi connectivity index (χ4n) is 1.99. The summed E-state index contributed by atoms with van der Waals surface area (Å²) in [6.45, 7) is 3.61. The molecular weight excluding hydrogens is 354 g/mol. The number of hydrogen-bond acceptors (Lipinski definition) is 8. The van der Waals surface area contributed by atoms with E-state index in [2.05, 4.69) is 25.0 Å². The molecule has 2 amide bonds. The van der Waals surface area contributed by atoms with Crippen LogP contribution in [0, 0.1) is 0 Å². The lowest BCUT2D eigenvalue weighted by Gasteiger charge is -2.18. The first-order valence-electron chi connectivity index (χ1n) is 7.17. The molecule has 2 rings (SSSR count). The van der Waals surface area contributed by atoms with Crippen molar-refractivity contribution >= 4 is 52.7 Å². The molecule has 9 nitrogen and oxygen atoms in total. The van der Waals surface area contributed by atoms with E-state index < -0.39 is 17.9 Å². The highest BCUT2D eigenvalue weighted by Gasteiger charge is 2.30. The van der Waals surface area contributed by atoms with E-state index >= 15 is 0 Å². The Morgan fingerprint density at radius 3 is 2.67 bits per heavy atom. The summed E-state index contributed by atoms with van der Waals surface area (Å²) in [7, 11) is 0. The molecule has 1 aromatic heterocycles. The van der Waals surface area contributed by atoms with Crippen molar-refractivity contribution in [3.8, 4) is 0 Å². The quantitative estimate of drug-likeness (QED) is 0.407. The van der Waals surface area contributed by atoms with Crippen LogP contribution < -0.4 is 22.1 Å². The van der Waals surface area contributed by atoms with Crippen LogP contribution in [0.4, 0.5) is 11.6 Å². The van der Waals surface area contributed by atoms with Gasteiger partial charge in [0, 0.05) is 17.7 Å². The first-order chi connectivity index (χ1) is 11.3. The molecule has 1 aliphatic rings. The maximum Gasteiger partial charge on any atom is 0.271 e. The van der Waals surface area contributed by atoms with Crippen molar-refractivity contribution in [1.29, 1.82) is 0 Å². The highest BCUT2D eigenvalue weighted by atomic mass is 35.5. The van der Waals surface area contributed by atoms with Crippen molar-refractivity contribution in [2.45, 2.75) is 37.1 Å². The second-order valence-electron chi connectivity index (χ2n) is 5.13. The summed E-state index contributed by atoms with van der Waals surface area (Å²) in [6.07, 6.45) is 1.80. The van der Waals surface area contributed by atoms with Gasteiger partial charge in [0.1, 0.15) is 22.6 Å². The maximum atomic E-state index is 11.6. The summed E-state index contributed by atoms with van der Waals surface area (Å²) in [5, 5.41) is 5.22. The molecule has 0 aromatic carbocycles. The summed E-state index contributed by atoms with van der Waals surface area (Å²) in [5.41, 5.74) is 11.4. The van der Waals surface area contributed by atoms with Crippen LogP contribution in [0.5, 0.6) is 0 Å². The number of nitrogens with two attached hydrogens (primary N) is 2. The SMILES string of the molecule is CCC(Nc1cnc(C(N)=O)c(NC2SN=C(C)C2Cl)n1)C(N)=O. The van der Waals surface area contributed by atoms with E-state index in [0.29, 0.717) is 12.2 Å². The van der Waals surface area contributed by atoms with Gasteiger partial charge in [0.25, 0.3) is 5.91 Å². The van der Waals surface area contributed by atoms with Gasteiger partial charge in [-0.25, -0.2) is 14.4 Å². The molecule has 1 aliphatic heterocycles. The molecule has 130 valence electrons. The number of primary amides is 2. The highest BCUT2D eigenvalue weighted by Crippen LogP contribution is 2.30. The van der Waals surface area contributed by atoms with Crippen molar-refractivity contribution in [1.82, 2.24) is 9.97 Å². The first kappa shape index (κ1) is 18.3. The van der Waals surface area contributed by atoms with Crippen molar-refractivity contribution in [2.24, 2.45) is 15.9 Å². The number of nitrogens with zero attached hydrogens (tertiary/aromatic N) is 3. The largest absolute Gasteiger partial charge is 0.368 e. The lowest BCUT2D eigenvalue weighted by Crippen LogP contribution is -2.35.